The van der Waals surface area contributed by atoms with E-state index < -0.39 is 12.0 Å². The van der Waals surface area contributed by atoms with Crippen LogP contribution in [0.3, 0.4) is 0 Å². The summed E-state index contributed by atoms with van der Waals surface area (Å²) in [5, 5.41) is 9.05. The molecule has 98 valence electrons. The molecule has 0 saturated carbocycles. The van der Waals surface area contributed by atoms with Crippen molar-refractivity contribution < 1.29 is 19.4 Å². The van der Waals surface area contributed by atoms with Crippen molar-refractivity contribution in [2.75, 3.05) is 31.8 Å². The van der Waals surface area contributed by atoms with Crippen molar-refractivity contribution in [2.24, 2.45) is 0 Å². The number of carbonyl (C=O) groups excluding carboxylic acids is 1. The number of carboxylic acid groups (broad SMARTS) is 1. The van der Waals surface area contributed by atoms with Gasteiger partial charge in [-0.2, -0.15) is 0 Å². The van der Waals surface area contributed by atoms with Crippen LogP contribution in [0.1, 0.15) is 19.3 Å². The summed E-state index contributed by atoms with van der Waals surface area (Å²) >= 11 is 1.48. The Morgan fingerprint density at radius 2 is 2.24 bits per heavy atom. The summed E-state index contributed by atoms with van der Waals surface area (Å²) in [4.78, 5) is 24.4. The number of rotatable bonds is 6. The first kappa shape index (κ1) is 14.3. The van der Waals surface area contributed by atoms with Gasteiger partial charge in [0.15, 0.2) is 0 Å². The fourth-order valence-corrected chi connectivity index (χ4v) is 2.64. The fourth-order valence-electron chi connectivity index (χ4n) is 1.87. The van der Waals surface area contributed by atoms with Gasteiger partial charge in [0, 0.05) is 19.4 Å². The molecule has 0 bridgehead atoms. The fraction of sp³-hybridized carbons (Fsp3) is 0.818. The Bertz CT molecular complexity index is 272. The number of aliphatic carboxylic acids is 1. The summed E-state index contributed by atoms with van der Waals surface area (Å²) in [5.74, 6) is 0.138. The first-order chi connectivity index (χ1) is 8.16. The van der Waals surface area contributed by atoms with Crippen LogP contribution < -0.4 is 0 Å². The summed E-state index contributed by atoms with van der Waals surface area (Å²) in [6.07, 6.45) is 2.36. The first-order valence-electron chi connectivity index (χ1n) is 5.75. The molecule has 0 aliphatic carbocycles. The van der Waals surface area contributed by atoms with Gasteiger partial charge in [0.05, 0.1) is 12.4 Å². The molecule has 0 aromatic heterocycles. The number of ether oxygens (including phenoxy) is 1. The second-order valence-corrected chi connectivity index (χ2v) is 5.09. The van der Waals surface area contributed by atoms with Crippen molar-refractivity contribution in [3.05, 3.63) is 0 Å². The van der Waals surface area contributed by atoms with Gasteiger partial charge in [-0.3, -0.25) is 4.79 Å². The molecule has 1 unspecified atom stereocenters. The van der Waals surface area contributed by atoms with Gasteiger partial charge in [-0.05, 0) is 19.3 Å². The Balaban J connectivity index is 2.39. The lowest BCUT2D eigenvalue weighted by molar-refractivity contribution is -0.150. The number of thioether (sulfide) groups is 1. The minimum atomic E-state index is -0.889. The Kier molecular flexibility index (Phi) is 6.36. The van der Waals surface area contributed by atoms with E-state index in [0.29, 0.717) is 25.3 Å². The zero-order chi connectivity index (χ0) is 12.7. The van der Waals surface area contributed by atoms with E-state index in [1.54, 1.807) is 7.11 Å². The molecule has 5 nitrogen and oxygen atoms in total. The normalized spacial score (nSPS) is 20.3. The number of hydrogen-bond donors (Lipinski definition) is 1. The van der Waals surface area contributed by atoms with E-state index in [-0.39, 0.29) is 5.91 Å². The van der Waals surface area contributed by atoms with Gasteiger partial charge in [-0.1, -0.05) is 0 Å². The Hall–Kier alpha value is -0.750. The lowest BCUT2D eigenvalue weighted by Crippen LogP contribution is -2.48. The molecular formula is C11H19NO4S. The number of methoxy groups -OCH3 is 1. The highest BCUT2D eigenvalue weighted by Crippen LogP contribution is 2.18. The molecule has 1 N–H and O–H groups in total. The third kappa shape index (κ3) is 4.55. The number of piperidine rings is 1. The van der Waals surface area contributed by atoms with E-state index in [4.69, 9.17) is 9.84 Å². The standard InChI is InChI=1S/C11H19NO4S/c1-16-6-7-17-8-10(13)12-5-3-2-4-9(12)11(14)15/h9H,2-8H2,1H3,(H,14,15). The molecule has 17 heavy (non-hydrogen) atoms. The monoisotopic (exact) mass is 261 g/mol. The third-order valence-electron chi connectivity index (χ3n) is 2.77. The van der Waals surface area contributed by atoms with Crippen molar-refractivity contribution in [3.8, 4) is 0 Å². The number of carboxylic acids is 1. The number of hydrogen-bond acceptors (Lipinski definition) is 4. The van der Waals surface area contributed by atoms with Crippen molar-refractivity contribution in [1.82, 2.24) is 4.90 Å². The molecular weight excluding hydrogens is 242 g/mol. The highest BCUT2D eigenvalue weighted by Gasteiger charge is 2.31. The smallest absolute Gasteiger partial charge is 0.326 e. The molecule has 0 radical (unpaired) electrons. The minimum absolute atomic E-state index is 0.0711. The van der Waals surface area contributed by atoms with Gasteiger partial charge < -0.3 is 14.7 Å². The molecule has 1 atom stereocenters. The maximum absolute atomic E-state index is 11.9. The molecule has 1 saturated heterocycles. The highest BCUT2D eigenvalue weighted by atomic mass is 32.2. The SMILES string of the molecule is COCCSCC(=O)N1CCCCC1C(=O)O. The predicted molar refractivity (Wildman–Crippen MR) is 66.2 cm³/mol. The molecule has 1 heterocycles. The maximum Gasteiger partial charge on any atom is 0.326 e. The number of amides is 1. The van der Waals surface area contributed by atoms with Gasteiger partial charge in [0.1, 0.15) is 6.04 Å². The Labute approximate surface area is 105 Å². The van der Waals surface area contributed by atoms with Crippen LogP contribution in [0.2, 0.25) is 0 Å². The van der Waals surface area contributed by atoms with Crippen molar-refractivity contribution in [3.63, 3.8) is 0 Å². The average molecular weight is 261 g/mol. The van der Waals surface area contributed by atoms with E-state index in [1.807, 2.05) is 0 Å². The number of carbonyl (C=O) groups is 2. The van der Waals surface area contributed by atoms with Crippen LogP contribution in [-0.4, -0.2) is 59.7 Å². The van der Waals surface area contributed by atoms with Gasteiger partial charge in [-0.25, -0.2) is 4.79 Å². The van der Waals surface area contributed by atoms with Crippen LogP contribution in [0.15, 0.2) is 0 Å². The molecule has 0 spiro atoms. The number of likely N-dealkylation sites (tertiary alicyclic amines) is 1. The summed E-state index contributed by atoms with van der Waals surface area (Å²) in [6, 6.07) is -0.626. The van der Waals surface area contributed by atoms with E-state index >= 15 is 0 Å². The van der Waals surface area contributed by atoms with Crippen molar-refractivity contribution >= 4 is 23.6 Å². The van der Waals surface area contributed by atoms with E-state index in [0.717, 1.165) is 18.6 Å². The largest absolute Gasteiger partial charge is 0.480 e. The Morgan fingerprint density at radius 1 is 1.47 bits per heavy atom. The molecule has 6 heteroatoms. The van der Waals surface area contributed by atoms with Crippen LogP contribution in [0.4, 0.5) is 0 Å². The maximum atomic E-state index is 11.9. The lowest BCUT2D eigenvalue weighted by atomic mass is 10.0. The molecule has 1 aliphatic heterocycles. The summed E-state index contributed by atoms with van der Waals surface area (Å²) < 4.78 is 4.89. The summed E-state index contributed by atoms with van der Waals surface area (Å²) in [7, 11) is 1.62. The van der Waals surface area contributed by atoms with Crippen LogP contribution >= 0.6 is 11.8 Å². The van der Waals surface area contributed by atoms with Crippen LogP contribution in [0.25, 0.3) is 0 Å². The first-order valence-corrected chi connectivity index (χ1v) is 6.91. The van der Waals surface area contributed by atoms with Gasteiger partial charge in [-0.15, -0.1) is 11.8 Å². The molecule has 0 aromatic rings. The van der Waals surface area contributed by atoms with Crippen molar-refractivity contribution in [1.29, 1.82) is 0 Å². The second-order valence-electron chi connectivity index (χ2n) is 3.98. The topological polar surface area (TPSA) is 66.8 Å². The van der Waals surface area contributed by atoms with Crippen LogP contribution in [-0.2, 0) is 14.3 Å². The molecule has 1 aliphatic rings. The molecule has 1 fully saturated rings. The van der Waals surface area contributed by atoms with Crippen LogP contribution in [0, 0.1) is 0 Å². The molecule has 0 aromatic carbocycles. The molecule has 1 rings (SSSR count). The molecule has 1 amide bonds. The summed E-state index contributed by atoms with van der Waals surface area (Å²) in [5.41, 5.74) is 0. The van der Waals surface area contributed by atoms with Gasteiger partial charge >= 0.3 is 5.97 Å². The second kappa shape index (κ2) is 7.55. The van der Waals surface area contributed by atoms with Gasteiger partial charge in [0.25, 0.3) is 0 Å². The lowest BCUT2D eigenvalue weighted by Gasteiger charge is -2.32. The van der Waals surface area contributed by atoms with Gasteiger partial charge in [0.2, 0.25) is 5.91 Å². The van der Waals surface area contributed by atoms with E-state index in [2.05, 4.69) is 0 Å². The third-order valence-corrected chi connectivity index (χ3v) is 3.67. The van der Waals surface area contributed by atoms with E-state index in [9.17, 15) is 9.59 Å². The predicted octanol–water partition coefficient (Wildman–Crippen LogP) is 0.832. The quantitative estimate of drug-likeness (QED) is 0.717. The highest BCUT2D eigenvalue weighted by molar-refractivity contribution is 7.99. The number of nitrogens with zero attached hydrogens (tertiary/aromatic N) is 1. The summed E-state index contributed by atoms with van der Waals surface area (Å²) in [6.45, 7) is 1.18. The zero-order valence-electron chi connectivity index (χ0n) is 10.1. The van der Waals surface area contributed by atoms with E-state index in [1.165, 1.54) is 16.7 Å². The zero-order valence-corrected chi connectivity index (χ0v) is 10.9. The average Bonchev–Trinajstić information content (AvgIpc) is 2.34. The minimum Gasteiger partial charge on any atom is -0.480 e. The van der Waals surface area contributed by atoms with Crippen molar-refractivity contribution in [2.45, 2.75) is 25.3 Å². The van der Waals surface area contributed by atoms with Crippen LogP contribution in [0.5, 0.6) is 0 Å². The Morgan fingerprint density at radius 3 is 2.88 bits per heavy atom.